The van der Waals surface area contributed by atoms with Crippen LogP contribution in [0.2, 0.25) is 0 Å². The highest BCUT2D eigenvalue weighted by atomic mass is 32.1. The van der Waals surface area contributed by atoms with E-state index in [1.165, 1.54) is 12.8 Å². The Hall–Kier alpha value is -4.37. The van der Waals surface area contributed by atoms with E-state index in [4.69, 9.17) is 26.1 Å². The first kappa shape index (κ1) is 27.7. The molecule has 4 saturated heterocycles. The predicted octanol–water partition coefficient (Wildman–Crippen LogP) is 5.81. The Bertz CT molecular complexity index is 2260. The fraction of sp³-hybridized carbons (Fsp3) is 0.389. The Balaban J connectivity index is 1.17. The molecule has 0 radical (unpaired) electrons. The Morgan fingerprint density at radius 3 is 2.87 bits per heavy atom. The molecule has 2 N–H and O–H groups in total. The van der Waals surface area contributed by atoms with E-state index in [0.717, 1.165) is 97.1 Å². The number of fused-ring (bicyclic) bond motifs is 8. The Morgan fingerprint density at radius 2 is 2.00 bits per heavy atom. The molecule has 11 heteroatoms. The molecular weight excluding hydrogens is 612 g/mol. The third kappa shape index (κ3) is 4.21. The van der Waals surface area contributed by atoms with E-state index in [-0.39, 0.29) is 5.54 Å². The zero-order valence-electron chi connectivity index (χ0n) is 25.8. The van der Waals surface area contributed by atoms with Crippen molar-refractivity contribution in [2.24, 2.45) is 0 Å². The number of anilines is 1. The van der Waals surface area contributed by atoms with Crippen LogP contribution in [0.5, 0.6) is 6.01 Å². The molecule has 0 amide bonds. The minimum Gasteiger partial charge on any atom is -0.461 e. The van der Waals surface area contributed by atoms with Gasteiger partial charge in [-0.3, -0.25) is 15.0 Å². The van der Waals surface area contributed by atoms with Crippen LogP contribution < -0.4 is 15.0 Å². The summed E-state index contributed by atoms with van der Waals surface area (Å²) < 4.78 is 22.1. The number of ether oxygens (including phenoxy) is 1. The van der Waals surface area contributed by atoms with Crippen LogP contribution in [-0.2, 0) is 0 Å². The summed E-state index contributed by atoms with van der Waals surface area (Å²) in [5, 5.41) is 16.4. The van der Waals surface area contributed by atoms with Gasteiger partial charge in [-0.25, -0.2) is 4.39 Å². The van der Waals surface area contributed by atoms with Crippen molar-refractivity contribution in [2.45, 2.75) is 55.9 Å². The van der Waals surface area contributed by atoms with Gasteiger partial charge in [0.1, 0.15) is 23.4 Å². The number of thiophene rings is 1. The van der Waals surface area contributed by atoms with E-state index in [9.17, 15) is 4.39 Å². The predicted molar refractivity (Wildman–Crippen MR) is 184 cm³/mol. The summed E-state index contributed by atoms with van der Waals surface area (Å²) in [5.41, 5.74) is 3.28. The van der Waals surface area contributed by atoms with Gasteiger partial charge in [0.05, 0.1) is 33.0 Å². The average molecular weight is 645 g/mol. The summed E-state index contributed by atoms with van der Waals surface area (Å²) >= 11 is 1.61. The Kier molecular flexibility index (Phi) is 6.08. The van der Waals surface area contributed by atoms with Crippen molar-refractivity contribution >= 4 is 59.1 Å². The summed E-state index contributed by atoms with van der Waals surface area (Å²) in [6.45, 7) is 3.56. The number of aromatic nitrogens is 5. The molecule has 47 heavy (non-hydrogen) atoms. The maximum atomic E-state index is 14.6. The van der Waals surface area contributed by atoms with E-state index >= 15 is 0 Å². The van der Waals surface area contributed by atoms with E-state index in [0.29, 0.717) is 37.7 Å². The minimum atomic E-state index is -0.812. The summed E-state index contributed by atoms with van der Waals surface area (Å²) in [4.78, 5) is 20.8. The number of hydrogen-bond donors (Lipinski definition) is 2. The molecular formula is C36H33FN8OS. The van der Waals surface area contributed by atoms with Crippen molar-refractivity contribution in [3.05, 3.63) is 48.3 Å². The molecule has 0 saturated carbocycles. The monoisotopic (exact) mass is 644 g/mol. The summed E-state index contributed by atoms with van der Waals surface area (Å²) in [7, 11) is 0. The molecule has 2 aromatic carbocycles. The molecule has 4 aliphatic heterocycles. The number of rotatable bonds is 5. The average Bonchev–Trinajstić information content (AvgIpc) is 3.90. The largest absolute Gasteiger partial charge is 0.461 e. The molecule has 0 aliphatic carbocycles. The first-order chi connectivity index (χ1) is 23.1. The van der Waals surface area contributed by atoms with Gasteiger partial charge in [-0.2, -0.15) is 15.1 Å². The van der Waals surface area contributed by atoms with E-state index in [2.05, 4.69) is 49.4 Å². The number of nitrogens with one attached hydrogen (secondary N) is 2. The van der Waals surface area contributed by atoms with E-state index in [1.807, 2.05) is 24.5 Å². The Labute approximate surface area is 274 Å². The highest BCUT2D eigenvalue weighted by Gasteiger charge is 2.49. The third-order valence-electron chi connectivity index (χ3n) is 10.9. The summed E-state index contributed by atoms with van der Waals surface area (Å²) in [6, 6.07) is 11.5. The van der Waals surface area contributed by atoms with Gasteiger partial charge in [-0.05, 0) is 55.8 Å². The lowest BCUT2D eigenvalue weighted by Gasteiger charge is -2.34. The molecule has 10 rings (SSSR count). The topological polar surface area (TPSA) is 95.1 Å². The highest BCUT2D eigenvalue weighted by molar-refractivity contribution is 7.26. The number of terminal acetylenes is 1. The van der Waals surface area contributed by atoms with Crippen LogP contribution in [0.3, 0.4) is 0 Å². The zero-order valence-corrected chi connectivity index (χ0v) is 26.6. The van der Waals surface area contributed by atoms with Crippen molar-refractivity contribution in [3.8, 4) is 29.6 Å². The second-order valence-electron chi connectivity index (χ2n) is 13.7. The molecule has 2 bridgehead atoms. The fourth-order valence-electron chi connectivity index (χ4n) is 8.88. The molecule has 4 atom stereocenters. The van der Waals surface area contributed by atoms with Gasteiger partial charge in [0, 0.05) is 71.6 Å². The number of pyridine rings is 1. The van der Waals surface area contributed by atoms with E-state index < -0.39 is 6.17 Å². The van der Waals surface area contributed by atoms with Crippen molar-refractivity contribution in [1.82, 2.24) is 35.4 Å². The maximum Gasteiger partial charge on any atom is 0.319 e. The number of benzene rings is 2. The van der Waals surface area contributed by atoms with Crippen molar-refractivity contribution < 1.29 is 9.13 Å². The van der Waals surface area contributed by atoms with Gasteiger partial charge < -0.3 is 15.0 Å². The number of hydrogen-bond acceptors (Lipinski definition) is 9. The van der Waals surface area contributed by atoms with Gasteiger partial charge in [-0.1, -0.05) is 18.1 Å². The number of aromatic amines is 1. The standard InChI is InChI=1S/C36H33FN8OS/c1-2-20-5-3-6-21-13-27-26(15-39-43-27)29(28(20)21)31-32-25(9-11-38-31)30-33(44-17-23-7-8-24(18-44)40-23)41-35(42-34(30)47-32)46-19-36-10-4-12-45(36)16-22(37)14-36/h1,3,5-6,9,11,13,15,22-24,40H,4,7-8,10,12,14,16-19H2,(H,39,43)/t22-,23-,24+,36+/m1/s1. The molecule has 4 aliphatic rings. The van der Waals surface area contributed by atoms with Crippen LogP contribution in [0.15, 0.2) is 42.7 Å². The van der Waals surface area contributed by atoms with Crippen LogP contribution in [0.1, 0.15) is 37.7 Å². The van der Waals surface area contributed by atoms with Crippen LogP contribution in [0, 0.1) is 12.3 Å². The van der Waals surface area contributed by atoms with Gasteiger partial charge in [0.2, 0.25) is 0 Å². The normalized spacial score (nSPS) is 25.8. The lowest BCUT2D eigenvalue weighted by molar-refractivity contribution is 0.107. The molecule has 0 spiro atoms. The van der Waals surface area contributed by atoms with Gasteiger partial charge >= 0.3 is 6.01 Å². The van der Waals surface area contributed by atoms with Crippen LogP contribution in [0.25, 0.3) is 53.2 Å². The second-order valence-corrected chi connectivity index (χ2v) is 14.7. The van der Waals surface area contributed by atoms with Crippen LogP contribution in [-0.4, -0.2) is 86.6 Å². The number of nitrogens with zero attached hydrogens (tertiary/aromatic N) is 6. The maximum absolute atomic E-state index is 14.6. The van der Waals surface area contributed by atoms with Gasteiger partial charge in [0.15, 0.2) is 0 Å². The van der Waals surface area contributed by atoms with Crippen molar-refractivity contribution in [1.29, 1.82) is 0 Å². The lowest BCUT2D eigenvalue weighted by atomic mass is 9.94. The lowest BCUT2D eigenvalue weighted by Crippen LogP contribution is -2.51. The first-order valence-electron chi connectivity index (χ1n) is 16.5. The molecule has 4 fully saturated rings. The smallest absolute Gasteiger partial charge is 0.319 e. The summed E-state index contributed by atoms with van der Waals surface area (Å²) in [5.74, 6) is 3.81. The number of piperazine rings is 1. The quantitative estimate of drug-likeness (QED) is 0.227. The minimum absolute atomic E-state index is 0.275. The molecule has 9 nitrogen and oxygen atoms in total. The molecule has 6 aromatic rings. The van der Waals surface area contributed by atoms with Crippen LogP contribution in [0.4, 0.5) is 10.2 Å². The fourth-order valence-corrected chi connectivity index (χ4v) is 10.0. The third-order valence-corrected chi connectivity index (χ3v) is 12.0. The zero-order chi connectivity index (χ0) is 31.3. The summed E-state index contributed by atoms with van der Waals surface area (Å²) in [6.07, 6.45) is 13.8. The van der Waals surface area contributed by atoms with Crippen LogP contribution >= 0.6 is 11.3 Å². The Morgan fingerprint density at radius 1 is 1.11 bits per heavy atom. The number of halogens is 1. The molecule has 8 heterocycles. The van der Waals surface area contributed by atoms with Crippen molar-refractivity contribution in [3.63, 3.8) is 0 Å². The van der Waals surface area contributed by atoms with Gasteiger partial charge in [0.25, 0.3) is 0 Å². The number of alkyl halides is 1. The second kappa shape index (κ2) is 10.3. The van der Waals surface area contributed by atoms with Gasteiger partial charge in [-0.15, -0.1) is 17.8 Å². The van der Waals surface area contributed by atoms with Crippen molar-refractivity contribution in [2.75, 3.05) is 37.7 Å². The van der Waals surface area contributed by atoms with E-state index in [1.54, 1.807) is 11.3 Å². The number of H-pyrrole nitrogens is 1. The molecule has 4 aromatic heterocycles. The first-order valence-corrected chi connectivity index (χ1v) is 17.4. The SMILES string of the molecule is C#Cc1cccc2cc3[nH]ncc3c(-c3nccc4c3sc3nc(OC[C@@]56CCCN5C[C@H](F)C6)nc(N5C[C@H]6CC[C@@H](C5)N6)c34)c12. The highest BCUT2D eigenvalue weighted by Crippen LogP contribution is 2.47. The molecule has 236 valence electrons. The molecule has 0 unspecified atom stereocenters.